The summed E-state index contributed by atoms with van der Waals surface area (Å²) in [6.07, 6.45) is 4.19. The van der Waals surface area contributed by atoms with Crippen LogP contribution in [-0.4, -0.2) is 47.1 Å². The van der Waals surface area contributed by atoms with Gasteiger partial charge in [0.05, 0.1) is 5.69 Å². The Bertz CT molecular complexity index is 929. The summed E-state index contributed by atoms with van der Waals surface area (Å²) in [5, 5.41) is 0. The molecule has 0 unspecified atom stereocenters. The Labute approximate surface area is 152 Å². The van der Waals surface area contributed by atoms with E-state index in [-0.39, 0.29) is 0 Å². The van der Waals surface area contributed by atoms with Crippen LogP contribution >= 0.6 is 0 Å². The molecule has 3 fully saturated rings. The average molecular weight is 349 g/mol. The van der Waals surface area contributed by atoms with Gasteiger partial charge in [0.1, 0.15) is 5.52 Å². The van der Waals surface area contributed by atoms with Gasteiger partial charge in [0.2, 0.25) is 0 Å². The molecule has 3 aliphatic rings. The van der Waals surface area contributed by atoms with Crippen LogP contribution < -0.4 is 10.6 Å². The zero-order valence-corrected chi connectivity index (χ0v) is 14.8. The molecule has 5 heterocycles. The van der Waals surface area contributed by atoms with E-state index in [1.807, 2.05) is 24.3 Å². The second-order valence-corrected chi connectivity index (χ2v) is 7.16. The van der Waals surface area contributed by atoms with Crippen LogP contribution in [-0.2, 0) is 6.54 Å². The molecule has 2 aromatic heterocycles. The summed E-state index contributed by atoms with van der Waals surface area (Å²) < 4.78 is 6.11. The molecular weight excluding hydrogens is 326 g/mol. The van der Waals surface area contributed by atoms with Gasteiger partial charge < -0.3 is 20.0 Å². The molecule has 0 amide bonds. The Kier molecular flexibility index (Phi) is 3.87. The molecule has 6 nitrogen and oxygen atoms in total. The Balaban J connectivity index is 1.52. The van der Waals surface area contributed by atoms with Gasteiger partial charge in [0, 0.05) is 50.5 Å². The highest BCUT2D eigenvalue weighted by Crippen LogP contribution is 2.31. The van der Waals surface area contributed by atoms with Crippen LogP contribution in [0.25, 0.3) is 22.4 Å². The topological polar surface area (TPSA) is 71.4 Å². The van der Waals surface area contributed by atoms with Gasteiger partial charge in [-0.05, 0) is 42.7 Å². The number of anilines is 1. The molecule has 1 aromatic carbocycles. The van der Waals surface area contributed by atoms with Gasteiger partial charge in [-0.2, -0.15) is 4.98 Å². The van der Waals surface area contributed by atoms with Crippen molar-refractivity contribution in [3.05, 3.63) is 42.1 Å². The number of fused-ring (bicyclic) bond motifs is 5. The smallest absolute Gasteiger partial charge is 0.298 e. The van der Waals surface area contributed by atoms with Crippen LogP contribution in [0.5, 0.6) is 0 Å². The lowest BCUT2D eigenvalue weighted by molar-refractivity contribution is 0.249. The summed E-state index contributed by atoms with van der Waals surface area (Å²) in [5.74, 6) is 0. The van der Waals surface area contributed by atoms with Crippen molar-refractivity contribution in [2.75, 3.05) is 31.1 Å². The first-order chi connectivity index (χ1) is 12.8. The van der Waals surface area contributed by atoms with Gasteiger partial charge in [-0.3, -0.25) is 4.98 Å². The number of rotatable bonds is 3. The van der Waals surface area contributed by atoms with Crippen LogP contribution in [0.3, 0.4) is 0 Å². The number of oxazole rings is 1. The summed E-state index contributed by atoms with van der Waals surface area (Å²) in [7, 11) is 0. The fourth-order valence-corrected chi connectivity index (χ4v) is 4.19. The van der Waals surface area contributed by atoms with E-state index in [4.69, 9.17) is 15.1 Å². The minimum Gasteiger partial charge on any atom is -0.423 e. The minimum absolute atomic E-state index is 0.469. The fourth-order valence-electron chi connectivity index (χ4n) is 4.19. The predicted molar refractivity (Wildman–Crippen MR) is 102 cm³/mol. The maximum Gasteiger partial charge on any atom is 0.298 e. The van der Waals surface area contributed by atoms with Gasteiger partial charge in [-0.1, -0.05) is 6.07 Å². The van der Waals surface area contributed by atoms with Crippen molar-refractivity contribution in [2.45, 2.75) is 25.4 Å². The first-order valence-corrected chi connectivity index (χ1v) is 9.36. The van der Waals surface area contributed by atoms with Crippen molar-refractivity contribution in [2.24, 2.45) is 5.73 Å². The second kappa shape index (κ2) is 6.37. The normalized spacial score (nSPS) is 22.7. The molecule has 6 rings (SSSR count). The van der Waals surface area contributed by atoms with Crippen molar-refractivity contribution >= 4 is 17.1 Å². The lowest BCUT2D eigenvalue weighted by atomic mass is 10.1. The molecule has 2 bridgehead atoms. The van der Waals surface area contributed by atoms with E-state index in [0.29, 0.717) is 12.6 Å². The van der Waals surface area contributed by atoms with Crippen LogP contribution in [0.2, 0.25) is 0 Å². The predicted octanol–water partition coefficient (Wildman–Crippen LogP) is 2.63. The monoisotopic (exact) mass is 349 g/mol. The van der Waals surface area contributed by atoms with Crippen LogP contribution in [0.1, 0.15) is 18.4 Å². The largest absolute Gasteiger partial charge is 0.423 e. The molecule has 3 aliphatic heterocycles. The van der Waals surface area contributed by atoms with Crippen LogP contribution in [0, 0.1) is 0 Å². The standard InChI is InChI=1S/C20H23N5O/c21-13-15-2-1-7-22-19(15)14-3-4-18-17(12-14)23-20(26-18)25-11-10-24-8-5-16(25)6-9-24/h1-4,7,12,16H,5-6,8-11,13,21H2. The Morgan fingerprint density at radius 1 is 1.12 bits per heavy atom. The second-order valence-electron chi connectivity index (χ2n) is 7.16. The Hall–Kier alpha value is -2.44. The fraction of sp³-hybridized carbons (Fsp3) is 0.400. The van der Waals surface area contributed by atoms with E-state index in [9.17, 15) is 0 Å². The Morgan fingerprint density at radius 2 is 2.00 bits per heavy atom. The van der Waals surface area contributed by atoms with Crippen molar-refractivity contribution in [3.63, 3.8) is 0 Å². The first kappa shape index (κ1) is 15.8. The lowest BCUT2D eigenvalue weighted by Gasteiger charge is -2.30. The zero-order chi connectivity index (χ0) is 17.5. The molecule has 0 aliphatic carbocycles. The van der Waals surface area contributed by atoms with Crippen molar-refractivity contribution < 1.29 is 4.42 Å². The quantitative estimate of drug-likeness (QED) is 0.784. The van der Waals surface area contributed by atoms with Crippen molar-refractivity contribution in [1.82, 2.24) is 14.9 Å². The summed E-state index contributed by atoms with van der Waals surface area (Å²) in [6, 6.07) is 11.3. The number of hydrogen-bond donors (Lipinski definition) is 1. The molecule has 0 atom stereocenters. The molecule has 3 saturated heterocycles. The highest BCUT2D eigenvalue weighted by molar-refractivity contribution is 5.81. The number of aromatic nitrogens is 2. The SMILES string of the molecule is NCc1cccnc1-c1ccc2oc(N3CCN4CCC3CC4)nc2c1. The Morgan fingerprint density at radius 3 is 2.85 bits per heavy atom. The summed E-state index contributed by atoms with van der Waals surface area (Å²) >= 11 is 0. The molecule has 3 aromatic rings. The van der Waals surface area contributed by atoms with Crippen molar-refractivity contribution in [3.8, 4) is 11.3 Å². The maximum atomic E-state index is 6.11. The summed E-state index contributed by atoms with van der Waals surface area (Å²) in [5.41, 5.74) is 10.6. The number of piperidine rings is 1. The number of benzene rings is 1. The third kappa shape index (κ3) is 2.66. The third-order valence-electron chi connectivity index (χ3n) is 5.66. The van der Waals surface area contributed by atoms with Crippen LogP contribution in [0.4, 0.5) is 6.01 Å². The summed E-state index contributed by atoms with van der Waals surface area (Å²) in [6.45, 7) is 4.92. The number of hydrogen-bond acceptors (Lipinski definition) is 6. The van der Waals surface area contributed by atoms with Gasteiger partial charge in [-0.15, -0.1) is 0 Å². The maximum absolute atomic E-state index is 6.11. The average Bonchev–Trinajstić information content (AvgIpc) is 2.88. The van der Waals surface area contributed by atoms with Gasteiger partial charge in [0.15, 0.2) is 5.58 Å². The van der Waals surface area contributed by atoms with Gasteiger partial charge >= 0.3 is 0 Å². The highest BCUT2D eigenvalue weighted by Gasteiger charge is 2.31. The third-order valence-corrected chi connectivity index (χ3v) is 5.66. The van der Waals surface area contributed by atoms with Gasteiger partial charge in [-0.25, -0.2) is 0 Å². The van der Waals surface area contributed by atoms with E-state index in [1.165, 1.54) is 25.9 Å². The zero-order valence-electron chi connectivity index (χ0n) is 14.8. The molecule has 6 heteroatoms. The lowest BCUT2D eigenvalue weighted by Crippen LogP contribution is -2.38. The molecule has 134 valence electrons. The van der Waals surface area contributed by atoms with Crippen LogP contribution in [0.15, 0.2) is 40.9 Å². The van der Waals surface area contributed by atoms with E-state index in [2.05, 4.69) is 20.9 Å². The number of nitrogens with zero attached hydrogens (tertiary/aromatic N) is 4. The molecule has 0 spiro atoms. The number of nitrogens with two attached hydrogens (primary N) is 1. The van der Waals surface area contributed by atoms with E-state index in [1.54, 1.807) is 6.20 Å². The van der Waals surface area contributed by atoms with E-state index in [0.717, 1.165) is 47.0 Å². The summed E-state index contributed by atoms with van der Waals surface area (Å²) in [4.78, 5) is 14.2. The molecule has 0 saturated carbocycles. The molecule has 2 N–H and O–H groups in total. The molecule has 26 heavy (non-hydrogen) atoms. The number of pyridine rings is 1. The molecule has 0 radical (unpaired) electrons. The van der Waals surface area contributed by atoms with Crippen molar-refractivity contribution in [1.29, 1.82) is 0 Å². The highest BCUT2D eigenvalue weighted by atomic mass is 16.4. The van der Waals surface area contributed by atoms with E-state index >= 15 is 0 Å². The molecular formula is C20H23N5O. The van der Waals surface area contributed by atoms with Gasteiger partial charge in [0.25, 0.3) is 6.01 Å². The van der Waals surface area contributed by atoms with E-state index < -0.39 is 0 Å². The first-order valence-electron chi connectivity index (χ1n) is 9.36. The minimum atomic E-state index is 0.469.